The van der Waals surface area contributed by atoms with Gasteiger partial charge in [0.25, 0.3) is 0 Å². The SMILES string of the molecule is NC(=O)CCC(C(=O)O)C(O)(C/C=C/c1ccccc1)P=O. The Kier molecular flexibility index (Phi) is 6.89. The number of carboxylic acids is 1. The predicted molar refractivity (Wildman–Crippen MR) is 82.2 cm³/mol. The van der Waals surface area contributed by atoms with Gasteiger partial charge in [0.2, 0.25) is 5.91 Å². The number of hydrogen-bond donors (Lipinski definition) is 3. The van der Waals surface area contributed by atoms with E-state index in [9.17, 15) is 24.4 Å². The summed E-state index contributed by atoms with van der Waals surface area (Å²) in [5, 5.41) is 17.5. The standard InChI is InChI=1S/C15H18NO5P/c16-13(17)9-8-12(14(18)19)15(20,22-21)10-4-7-11-5-2-1-3-6-11/h1-7,12,20H,8-10H2,(H2,16,17)(H,18,19)/b7-4+. The highest BCUT2D eigenvalue weighted by atomic mass is 31.1. The minimum atomic E-state index is -1.98. The normalized spacial score (nSPS) is 15.5. The first kappa shape index (κ1) is 18.0. The molecule has 7 heteroatoms. The average molecular weight is 323 g/mol. The molecule has 0 heterocycles. The van der Waals surface area contributed by atoms with Crippen molar-refractivity contribution in [1.82, 2.24) is 0 Å². The third-order valence-corrected chi connectivity index (χ3v) is 4.03. The van der Waals surface area contributed by atoms with Crippen LogP contribution in [0.2, 0.25) is 0 Å². The lowest BCUT2D eigenvalue weighted by Crippen LogP contribution is -2.37. The van der Waals surface area contributed by atoms with Gasteiger partial charge >= 0.3 is 5.97 Å². The van der Waals surface area contributed by atoms with Crippen molar-refractivity contribution in [1.29, 1.82) is 0 Å². The summed E-state index contributed by atoms with van der Waals surface area (Å²) in [6.07, 6.45) is 2.76. The number of amides is 1. The second kappa shape index (κ2) is 8.41. The van der Waals surface area contributed by atoms with Gasteiger partial charge in [-0.3, -0.25) is 14.2 Å². The number of carbonyl (C=O) groups is 2. The number of hydrogen-bond acceptors (Lipinski definition) is 4. The number of nitrogens with two attached hydrogens (primary N) is 1. The maximum atomic E-state index is 11.3. The molecule has 0 aromatic heterocycles. The molecule has 2 unspecified atom stereocenters. The van der Waals surface area contributed by atoms with Gasteiger partial charge in [0.05, 0.1) is 5.92 Å². The molecule has 0 radical (unpaired) electrons. The average Bonchev–Trinajstić information content (AvgIpc) is 2.47. The summed E-state index contributed by atoms with van der Waals surface area (Å²) >= 11 is 0. The van der Waals surface area contributed by atoms with Crippen molar-refractivity contribution >= 4 is 26.4 Å². The highest BCUT2D eigenvalue weighted by Gasteiger charge is 2.41. The summed E-state index contributed by atoms with van der Waals surface area (Å²) in [4.78, 5) is 22.1. The molecule has 1 amide bonds. The van der Waals surface area contributed by atoms with Crippen LogP contribution in [0.4, 0.5) is 0 Å². The molecule has 0 saturated carbocycles. The molecule has 2 atom stereocenters. The first-order chi connectivity index (χ1) is 10.4. The molecule has 0 bridgehead atoms. The molecule has 4 N–H and O–H groups in total. The van der Waals surface area contributed by atoms with E-state index in [0.29, 0.717) is 0 Å². The summed E-state index contributed by atoms with van der Waals surface area (Å²) in [5.74, 6) is -3.34. The fraction of sp³-hybridized carbons (Fsp3) is 0.333. The van der Waals surface area contributed by atoms with Crippen LogP contribution in [0, 0.1) is 5.92 Å². The summed E-state index contributed by atoms with van der Waals surface area (Å²) < 4.78 is 11.3. The van der Waals surface area contributed by atoms with Crippen LogP contribution in [-0.4, -0.2) is 27.4 Å². The van der Waals surface area contributed by atoms with Crippen LogP contribution < -0.4 is 5.73 Å². The smallest absolute Gasteiger partial charge is 0.310 e. The summed E-state index contributed by atoms with van der Waals surface area (Å²) in [6.45, 7) is 0. The van der Waals surface area contributed by atoms with E-state index < -0.39 is 31.6 Å². The molecule has 6 nitrogen and oxygen atoms in total. The van der Waals surface area contributed by atoms with E-state index in [0.717, 1.165) is 5.56 Å². The maximum Gasteiger partial charge on any atom is 0.310 e. The molecule has 0 saturated heterocycles. The Bertz CT molecular complexity index is 560. The number of carboxylic acid groups (broad SMARTS) is 1. The lowest BCUT2D eigenvalue weighted by atomic mass is 9.93. The number of rotatable bonds is 9. The van der Waals surface area contributed by atoms with Crippen LogP contribution in [0.1, 0.15) is 24.8 Å². The second-order valence-electron chi connectivity index (χ2n) is 4.88. The zero-order chi connectivity index (χ0) is 16.6. The Morgan fingerprint density at radius 3 is 2.45 bits per heavy atom. The van der Waals surface area contributed by atoms with Gasteiger partial charge in [0, 0.05) is 12.8 Å². The van der Waals surface area contributed by atoms with Crippen molar-refractivity contribution in [2.45, 2.75) is 24.6 Å². The molecular formula is C15H18NO5P. The highest BCUT2D eigenvalue weighted by molar-refractivity contribution is 7.25. The summed E-state index contributed by atoms with van der Waals surface area (Å²) in [6, 6.07) is 9.21. The molecule has 0 spiro atoms. The topological polar surface area (TPSA) is 118 Å². The van der Waals surface area contributed by atoms with E-state index in [2.05, 4.69) is 0 Å². The van der Waals surface area contributed by atoms with Gasteiger partial charge in [-0.15, -0.1) is 0 Å². The Balaban J connectivity index is 2.83. The molecule has 118 valence electrons. The number of aliphatic hydroxyl groups is 1. The van der Waals surface area contributed by atoms with E-state index in [1.54, 1.807) is 12.2 Å². The maximum absolute atomic E-state index is 11.3. The van der Waals surface area contributed by atoms with Crippen LogP contribution in [0.15, 0.2) is 36.4 Å². The van der Waals surface area contributed by atoms with E-state index in [4.69, 9.17) is 5.73 Å². The fourth-order valence-electron chi connectivity index (χ4n) is 2.01. The second-order valence-corrected chi connectivity index (χ2v) is 5.84. The van der Waals surface area contributed by atoms with Gasteiger partial charge in [-0.25, -0.2) is 0 Å². The Morgan fingerprint density at radius 2 is 1.95 bits per heavy atom. The predicted octanol–water partition coefficient (Wildman–Crippen LogP) is 2.04. The van der Waals surface area contributed by atoms with Crippen molar-refractivity contribution < 1.29 is 24.4 Å². The van der Waals surface area contributed by atoms with E-state index in [1.807, 2.05) is 30.3 Å². The van der Waals surface area contributed by atoms with Gasteiger partial charge < -0.3 is 15.9 Å². The van der Waals surface area contributed by atoms with Crippen LogP contribution in [-0.2, 0) is 14.2 Å². The first-order valence-electron chi connectivity index (χ1n) is 6.68. The van der Waals surface area contributed by atoms with Gasteiger partial charge in [0.1, 0.15) is 0 Å². The number of primary amides is 1. The van der Waals surface area contributed by atoms with Crippen LogP contribution in [0.25, 0.3) is 6.08 Å². The molecule has 0 aliphatic carbocycles. The quantitative estimate of drug-likeness (QED) is 0.601. The monoisotopic (exact) mass is 323 g/mol. The van der Waals surface area contributed by atoms with Crippen molar-refractivity contribution in [2.24, 2.45) is 11.7 Å². The molecule has 0 aliphatic heterocycles. The Hall–Kier alpha value is -2.04. The Labute approximate surface area is 129 Å². The van der Waals surface area contributed by atoms with Gasteiger partial charge in [-0.1, -0.05) is 42.5 Å². The van der Waals surface area contributed by atoms with Crippen molar-refractivity contribution in [3.63, 3.8) is 0 Å². The minimum Gasteiger partial charge on any atom is -0.481 e. The molecule has 22 heavy (non-hydrogen) atoms. The van der Waals surface area contributed by atoms with Gasteiger partial charge in [-0.2, -0.15) is 0 Å². The van der Waals surface area contributed by atoms with E-state index in [1.165, 1.54) is 0 Å². The van der Waals surface area contributed by atoms with Crippen LogP contribution in [0.3, 0.4) is 0 Å². The van der Waals surface area contributed by atoms with Crippen molar-refractivity contribution in [3.05, 3.63) is 42.0 Å². The largest absolute Gasteiger partial charge is 0.481 e. The molecule has 1 aromatic rings. The fourth-order valence-corrected chi connectivity index (χ4v) is 2.56. The number of benzene rings is 1. The number of carbonyl (C=O) groups excluding carboxylic acids is 1. The lowest BCUT2D eigenvalue weighted by molar-refractivity contribution is -0.147. The first-order valence-corrected chi connectivity index (χ1v) is 7.50. The molecular weight excluding hydrogens is 305 g/mol. The zero-order valence-electron chi connectivity index (χ0n) is 11.9. The van der Waals surface area contributed by atoms with E-state index in [-0.39, 0.29) is 19.3 Å². The Morgan fingerprint density at radius 1 is 1.32 bits per heavy atom. The summed E-state index contributed by atoms with van der Waals surface area (Å²) in [5.41, 5.74) is 5.87. The van der Waals surface area contributed by atoms with E-state index >= 15 is 0 Å². The van der Waals surface area contributed by atoms with Gasteiger partial charge in [-0.05, 0) is 12.0 Å². The third-order valence-electron chi connectivity index (χ3n) is 3.22. The number of aliphatic carboxylic acids is 1. The van der Waals surface area contributed by atoms with Crippen molar-refractivity contribution in [3.8, 4) is 0 Å². The van der Waals surface area contributed by atoms with Crippen LogP contribution in [0.5, 0.6) is 0 Å². The molecule has 0 fully saturated rings. The lowest BCUT2D eigenvalue weighted by Gasteiger charge is -2.26. The summed E-state index contributed by atoms with van der Waals surface area (Å²) in [7, 11) is -0.708. The van der Waals surface area contributed by atoms with Gasteiger partial charge in [0.15, 0.2) is 13.8 Å². The molecule has 1 rings (SSSR count). The third kappa shape index (κ3) is 5.39. The molecule has 0 aliphatic rings. The van der Waals surface area contributed by atoms with Crippen molar-refractivity contribution in [2.75, 3.05) is 0 Å². The minimum absolute atomic E-state index is 0.122. The zero-order valence-corrected chi connectivity index (χ0v) is 12.8. The van der Waals surface area contributed by atoms with Crippen LogP contribution >= 0.6 is 8.46 Å². The molecule has 1 aromatic carbocycles. The highest BCUT2D eigenvalue weighted by Crippen LogP contribution is 2.36.